The van der Waals surface area contributed by atoms with Crippen molar-refractivity contribution in [3.63, 3.8) is 0 Å². The van der Waals surface area contributed by atoms with E-state index in [1.165, 1.54) is 25.1 Å². The summed E-state index contributed by atoms with van der Waals surface area (Å²) in [6.07, 6.45) is 1.00. The Labute approximate surface area is 152 Å². The Hall–Kier alpha value is -2.92. The van der Waals surface area contributed by atoms with E-state index in [2.05, 4.69) is 20.3 Å². The molecule has 1 aromatic carbocycles. The number of primary sulfonamides is 1. The first kappa shape index (κ1) is 18.9. The number of benzene rings is 1. The second kappa shape index (κ2) is 7.00. The number of halogens is 3. The zero-order chi connectivity index (χ0) is 19.8. The average molecular weight is 397 g/mol. The van der Waals surface area contributed by atoms with E-state index in [0.717, 1.165) is 18.3 Å². The SMILES string of the molecule is Cc1nc(NC(c2ccc(F)c(F)c2)c2ncc(S(N)(=O)=O)[nH]2)ccc1F. The minimum Gasteiger partial charge on any atom is -0.356 e. The molecule has 7 nitrogen and oxygen atoms in total. The lowest BCUT2D eigenvalue weighted by molar-refractivity contribution is 0.506. The van der Waals surface area contributed by atoms with Crippen LogP contribution in [0, 0.1) is 24.4 Å². The van der Waals surface area contributed by atoms with Gasteiger partial charge in [0.05, 0.1) is 11.9 Å². The van der Waals surface area contributed by atoms with Gasteiger partial charge >= 0.3 is 0 Å². The molecule has 3 aromatic rings. The number of hydrogen-bond acceptors (Lipinski definition) is 5. The minimum atomic E-state index is -4.04. The van der Waals surface area contributed by atoms with Crippen LogP contribution >= 0.6 is 0 Å². The van der Waals surface area contributed by atoms with E-state index in [1.54, 1.807) is 0 Å². The lowest BCUT2D eigenvalue weighted by Crippen LogP contribution is -2.17. The van der Waals surface area contributed by atoms with Gasteiger partial charge in [0.1, 0.15) is 23.5 Å². The van der Waals surface area contributed by atoms with Crippen LogP contribution in [-0.2, 0) is 10.0 Å². The Bertz CT molecular complexity index is 1100. The van der Waals surface area contributed by atoms with Gasteiger partial charge in [0, 0.05) is 0 Å². The molecule has 0 aliphatic carbocycles. The summed E-state index contributed by atoms with van der Waals surface area (Å²) in [5.41, 5.74) is 0.349. The molecule has 0 aliphatic heterocycles. The molecule has 1 unspecified atom stereocenters. The summed E-state index contributed by atoms with van der Waals surface area (Å²) in [6, 6.07) is 4.75. The first-order valence-electron chi connectivity index (χ1n) is 7.57. The van der Waals surface area contributed by atoms with E-state index < -0.39 is 33.5 Å². The smallest absolute Gasteiger partial charge is 0.255 e. The van der Waals surface area contributed by atoms with E-state index in [-0.39, 0.29) is 27.9 Å². The summed E-state index contributed by atoms with van der Waals surface area (Å²) >= 11 is 0. The number of anilines is 1. The van der Waals surface area contributed by atoms with Gasteiger partial charge in [0.25, 0.3) is 10.0 Å². The number of imidazole rings is 1. The molecule has 0 saturated heterocycles. The summed E-state index contributed by atoms with van der Waals surface area (Å²) in [6.45, 7) is 1.46. The zero-order valence-electron chi connectivity index (χ0n) is 13.9. The first-order valence-corrected chi connectivity index (χ1v) is 9.12. The molecule has 0 radical (unpaired) electrons. The van der Waals surface area contributed by atoms with Crippen LogP contribution in [0.2, 0.25) is 0 Å². The average Bonchev–Trinajstić information content (AvgIpc) is 3.08. The lowest BCUT2D eigenvalue weighted by atomic mass is 10.1. The van der Waals surface area contributed by atoms with Crippen molar-refractivity contribution in [1.29, 1.82) is 0 Å². The van der Waals surface area contributed by atoms with Crippen LogP contribution in [0.1, 0.15) is 23.1 Å². The molecule has 142 valence electrons. The van der Waals surface area contributed by atoms with E-state index >= 15 is 0 Å². The molecule has 2 aromatic heterocycles. The number of aromatic amines is 1. The third-order valence-electron chi connectivity index (χ3n) is 3.74. The van der Waals surface area contributed by atoms with Crippen molar-refractivity contribution < 1.29 is 21.6 Å². The number of aromatic nitrogens is 3. The fourth-order valence-electron chi connectivity index (χ4n) is 2.38. The number of nitrogens with zero attached hydrogens (tertiary/aromatic N) is 2. The molecule has 0 bridgehead atoms. The normalized spacial score (nSPS) is 12.8. The van der Waals surface area contributed by atoms with E-state index in [0.29, 0.717) is 0 Å². The fraction of sp³-hybridized carbons (Fsp3) is 0.125. The predicted molar refractivity (Wildman–Crippen MR) is 90.7 cm³/mol. The highest BCUT2D eigenvalue weighted by Crippen LogP contribution is 2.26. The van der Waals surface area contributed by atoms with Crippen LogP contribution < -0.4 is 10.5 Å². The number of pyridine rings is 1. The molecule has 0 aliphatic rings. The maximum Gasteiger partial charge on any atom is 0.255 e. The van der Waals surface area contributed by atoms with Crippen molar-refractivity contribution in [2.75, 3.05) is 5.32 Å². The Morgan fingerprint density at radius 1 is 1.11 bits per heavy atom. The molecule has 0 fully saturated rings. The first-order chi connectivity index (χ1) is 12.6. The van der Waals surface area contributed by atoms with Crippen LogP contribution in [-0.4, -0.2) is 23.4 Å². The van der Waals surface area contributed by atoms with Crippen molar-refractivity contribution in [3.8, 4) is 0 Å². The van der Waals surface area contributed by atoms with Crippen LogP contribution in [0.5, 0.6) is 0 Å². The van der Waals surface area contributed by atoms with Gasteiger partial charge in [-0.15, -0.1) is 0 Å². The molecule has 2 heterocycles. The minimum absolute atomic E-state index is 0.0637. The number of nitrogens with two attached hydrogens (primary N) is 1. The number of rotatable bonds is 5. The third kappa shape index (κ3) is 4.09. The van der Waals surface area contributed by atoms with Gasteiger partial charge in [0.15, 0.2) is 16.7 Å². The summed E-state index contributed by atoms with van der Waals surface area (Å²) in [4.78, 5) is 10.5. The van der Waals surface area contributed by atoms with Crippen molar-refractivity contribution >= 4 is 15.8 Å². The molecule has 27 heavy (non-hydrogen) atoms. The summed E-state index contributed by atoms with van der Waals surface area (Å²) < 4.78 is 63.3. The number of aryl methyl sites for hydroxylation is 1. The van der Waals surface area contributed by atoms with E-state index in [9.17, 15) is 21.6 Å². The predicted octanol–water partition coefficient (Wildman–Crippen LogP) is 2.38. The highest BCUT2D eigenvalue weighted by molar-refractivity contribution is 7.89. The fourth-order valence-corrected chi connectivity index (χ4v) is 2.83. The van der Waals surface area contributed by atoms with Crippen molar-refractivity contribution in [3.05, 3.63) is 71.1 Å². The summed E-state index contributed by atoms with van der Waals surface area (Å²) in [5, 5.41) is 7.60. The lowest BCUT2D eigenvalue weighted by Gasteiger charge is -2.18. The molecular formula is C16H14F3N5O2S. The van der Waals surface area contributed by atoms with Gasteiger partial charge in [-0.05, 0) is 36.8 Å². The molecule has 3 rings (SSSR count). The second-order valence-electron chi connectivity index (χ2n) is 5.69. The monoisotopic (exact) mass is 397 g/mol. The molecule has 11 heteroatoms. The Balaban J connectivity index is 2.06. The Morgan fingerprint density at radius 3 is 2.41 bits per heavy atom. The van der Waals surface area contributed by atoms with Crippen LogP contribution in [0.15, 0.2) is 41.6 Å². The molecule has 0 saturated carbocycles. The summed E-state index contributed by atoms with van der Waals surface area (Å²) in [5.74, 6) is -2.37. The zero-order valence-corrected chi connectivity index (χ0v) is 14.7. The highest BCUT2D eigenvalue weighted by atomic mass is 32.2. The van der Waals surface area contributed by atoms with Crippen LogP contribution in [0.4, 0.5) is 19.0 Å². The largest absolute Gasteiger partial charge is 0.356 e. The van der Waals surface area contributed by atoms with E-state index in [4.69, 9.17) is 5.14 Å². The standard InChI is InChI=1S/C16H14F3N5O2S/c1-8-10(17)4-5-13(22-8)23-15(9-2-3-11(18)12(19)6-9)16-21-7-14(24-16)27(20,25)26/h2-7,15H,1H3,(H,21,24)(H,22,23)(H2,20,25,26). The van der Waals surface area contributed by atoms with Gasteiger partial charge in [-0.25, -0.2) is 36.7 Å². The van der Waals surface area contributed by atoms with Gasteiger partial charge in [0.2, 0.25) is 0 Å². The van der Waals surface area contributed by atoms with Gasteiger partial charge in [-0.2, -0.15) is 0 Å². The topological polar surface area (TPSA) is 114 Å². The van der Waals surface area contributed by atoms with Crippen molar-refractivity contribution in [1.82, 2.24) is 15.0 Å². The quantitative estimate of drug-likeness (QED) is 0.612. The molecule has 0 spiro atoms. The number of hydrogen-bond donors (Lipinski definition) is 3. The second-order valence-corrected chi connectivity index (χ2v) is 7.22. The number of sulfonamides is 1. The van der Waals surface area contributed by atoms with Gasteiger partial charge in [-0.1, -0.05) is 6.07 Å². The number of H-pyrrole nitrogens is 1. The molecular weight excluding hydrogens is 383 g/mol. The van der Waals surface area contributed by atoms with Crippen molar-refractivity contribution in [2.24, 2.45) is 5.14 Å². The van der Waals surface area contributed by atoms with Gasteiger partial charge in [-0.3, -0.25) is 0 Å². The maximum absolute atomic E-state index is 13.7. The van der Waals surface area contributed by atoms with Crippen molar-refractivity contribution in [2.45, 2.75) is 18.0 Å². The molecule has 1 atom stereocenters. The van der Waals surface area contributed by atoms with Crippen LogP contribution in [0.3, 0.4) is 0 Å². The maximum atomic E-state index is 13.7. The van der Waals surface area contributed by atoms with Gasteiger partial charge < -0.3 is 10.3 Å². The Kier molecular flexibility index (Phi) is 4.89. The molecule has 0 amide bonds. The number of nitrogens with one attached hydrogen (secondary N) is 2. The highest BCUT2D eigenvalue weighted by Gasteiger charge is 2.22. The molecule has 4 N–H and O–H groups in total. The Morgan fingerprint density at radius 2 is 1.81 bits per heavy atom. The third-order valence-corrected chi connectivity index (χ3v) is 4.56. The summed E-state index contributed by atoms with van der Waals surface area (Å²) in [7, 11) is -4.04. The van der Waals surface area contributed by atoms with Crippen LogP contribution in [0.25, 0.3) is 0 Å². The van der Waals surface area contributed by atoms with E-state index in [1.807, 2.05) is 0 Å².